The molecule has 0 unspecified atom stereocenters. The number of aliphatic hydroxyl groups is 3. The van der Waals surface area contributed by atoms with Gasteiger partial charge in [0, 0.05) is 0 Å². The van der Waals surface area contributed by atoms with Gasteiger partial charge >= 0.3 is 141 Å². The third-order valence-electron chi connectivity index (χ3n) is 4.18. The SMILES string of the molecule is OCP(Br)(CO)(CO)CCCCCCCCOc1ccccc1. The first-order valence-corrected chi connectivity index (χ1v) is 13.3. The van der Waals surface area contributed by atoms with Crippen LogP contribution in [0, 0.1) is 0 Å². The number of aliphatic hydroxyl groups excluding tert-OH is 3. The van der Waals surface area contributed by atoms with Crippen molar-refractivity contribution < 1.29 is 20.1 Å². The molecule has 0 bridgehead atoms. The predicted molar refractivity (Wildman–Crippen MR) is 102 cm³/mol. The Bertz CT molecular complexity index is 415. The molecule has 0 heterocycles. The molecule has 0 saturated heterocycles. The van der Waals surface area contributed by atoms with Crippen LogP contribution >= 0.6 is 20.8 Å². The first-order chi connectivity index (χ1) is 11.1. The Morgan fingerprint density at radius 2 is 1.30 bits per heavy atom. The second-order valence-corrected chi connectivity index (χ2v) is 17.2. The summed E-state index contributed by atoms with van der Waals surface area (Å²) in [7, 11) is 0. The zero-order chi connectivity index (χ0) is 17.0. The van der Waals surface area contributed by atoms with Gasteiger partial charge < -0.3 is 0 Å². The minimum absolute atomic E-state index is 0.143. The number of benzene rings is 1. The predicted octanol–water partition coefficient (Wildman–Crippen LogP) is 4.12. The van der Waals surface area contributed by atoms with Gasteiger partial charge in [-0.1, -0.05) is 6.07 Å². The summed E-state index contributed by atoms with van der Waals surface area (Å²) in [6, 6.07) is 9.86. The van der Waals surface area contributed by atoms with Crippen molar-refractivity contribution in [2.45, 2.75) is 38.5 Å². The van der Waals surface area contributed by atoms with Crippen LogP contribution in [0.2, 0.25) is 0 Å². The Balaban J connectivity index is 2.03. The monoisotopic (exact) mass is 408 g/mol. The van der Waals surface area contributed by atoms with Gasteiger partial charge in [-0.2, -0.15) is 0 Å². The van der Waals surface area contributed by atoms with Crippen molar-refractivity contribution in [2.24, 2.45) is 0 Å². The summed E-state index contributed by atoms with van der Waals surface area (Å²) in [5, 5.41) is 25.7. The maximum atomic E-state index is 9.51. The van der Waals surface area contributed by atoms with E-state index in [0.29, 0.717) is 6.16 Å². The van der Waals surface area contributed by atoms with Gasteiger partial charge in [0.25, 0.3) is 0 Å². The molecule has 0 amide bonds. The molecule has 0 aromatic heterocycles. The van der Waals surface area contributed by atoms with Crippen LogP contribution in [-0.2, 0) is 0 Å². The maximum absolute atomic E-state index is 9.51. The first-order valence-electron chi connectivity index (χ1n) is 8.29. The standard InChI is InChI=1S/C17H30BrO4P/c18-23(14-19,15-20,16-21)13-9-4-2-1-3-8-12-22-17-10-6-5-7-11-17/h5-7,10-11,19-21H,1-4,8-9,12-16H2. The van der Waals surface area contributed by atoms with E-state index in [1.807, 2.05) is 30.3 Å². The Labute approximate surface area is 147 Å². The molecule has 6 heteroatoms. The molecule has 0 radical (unpaired) electrons. The van der Waals surface area contributed by atoms with Crippen LogP contribution < -0.4 is 4.74 Å². The quantitative estimate of drug-likeness (QED) is 0.339. The van der Waals surface area contributed by atoms with Gasteiger partial charge in [-0.15, -0.1) is 0 Å². The van der Waals surface area contributed by atoms with Crippen LogP contribution in [0.4, 0.5) is 0 Å². The number of unbranched alkanes of at least 4 members (excludes halogenated alkanes) is 5. The van der Waals surface area contributed by atoms with E-state index in [0.717, 1.165) is 50.9 Å². The van der Waals surface area contributed by atoms with E-state index in [1.54, 1.807) is 0 Å². The van der Waals surface area contributed by atoms with E-state index in [2.05, 4.69) is 15.5 Å². The Kier molecular flexibility index (Phi) is 9.64. The van der Waals surface area contributed by atoms with Gasteiger partial charge in [0.15, 0.2) is 0 Å². The van der Waals surface area contributed by atoms with Crippen LogP contribution in [-0.4, -0.2) is 47.1 Å². The molecular formula is C17H30BrO4P. The average Bonchev–Trinajstić information content (AvgIpc) is 2.61. The Morgan fingerprint density at radius 1 is 0.783 bits per heavy atom. The van der Waals surface area contributed by atoms with Crippen LogP contribution in [0.25, 0.3) is 0 Å². The molecule has 0 aliphatic rings. The second-order valence-electron chi connectivity index (χ2n) is 6.25. The topological polar surface area (TPSA) is 69.9 Å². The average molecular weight is 409 g/mol. The van der Waals surface area contributed by atoms with E-state index < -0.39 is 5.31 Å². The fourth-order valence-electron chi connectivity index (χ4n) is 2.37. The van der Waals surface area contributed by atoms with E-state index in [9.17, 15) is 15.3 Å². The fraction of sp³-hybridized carbons (Fsp3) is 0.647. The van der Waals surface area contributed by atoms with Gasteiger partial charge in [-0.25, -0.2) is 0 Å². The Morgan fingerprint density at radius 3 is 1.87 bits per heavy atom. The normalized spacial score (nSPS) is 13.5. The molecule has 3 N–H and O–H groups in total. The van der Waals surface area contributed by atoms with E-state index in [-0.39, 0.29) is 19.0 Å². The molecular weight excluding hydrogens is 379 g/mol. The van der Waals surface area contributed by atoms with Gasteiger partial charge in [0.2, 0.25) is 0 Å². The van der Waals surface area contributed by atoms with Crippen molar-refractivity contribution in [3.8, 4) is 5.75 Å². The summed E-state index contributed by atoms with van der Waals surface area (Å²) in [5.74, 6) is 0.924. The fourth-order valence-corrected chi connectivity index (χ4v) is 4.83. The molecule has 0 spiro atoms. The molecule has 134 valence electrons. The summed E-state index contributed by atoms with van der Waals surface area (Å²) in [6.45, 7) is 0.752. The van der Waals surface area contributed by atoms with Crippen LogP contribution in [0.5, 0.6) is 5.75 Å². The third kappa shape index (κ3) is 7.49. The number of para-hydroxylation sites is 1. The van der Waals surface area contributed by atoms with Gasteiger partial charge in [-0.3, -0.25) is 0 Å². The van der Waals surface area contributed by atoms with Crippen LogP contribution in [0.15, 0.2) is 30.3 Å². The number of ether oxygens (including phenoxy) is 1. The molecule has 0 atom stereocenters. The summed E-state index contributed by atoms with van der Waals surface area (Å²) >= 11 is 3.48. The minimum atomic E-state index is -2.85. The van der Waals surface area contributed by atoms with Crippen LogP contribution in [0.3, 0.4) is 0 Å². The van der Waals surface area contributed by atoms with E-state index in [1.165, 1.54) is 0 Å². The van der Waals surface area contributed by atoms with Crippen molar-refractivity contribution >= 4 is 20.8 Å². The molecule has 0 aliphatic carbocycles. The van der Waals surface area contributed by atoms with Crippen molar-refractivity contribution in [1.29, 1.82) is 0 Å². The molecule has 1 aromatic rings. The van der Waals surface area contributed by atoms with Crippen molar-refractivity contribution in [1.82, 2.24) is 0 Å². The second kappa shape index (κ2) is 10.6. The molecule has 4 nitrogen and oxygen atoms in total. The van der Waals surface area contributed by atoms with E-state index >= 15 is 0 Å². The van der Waals surface area contributed by atoms with Gasteiger partial charge in [-0.05, 0) is 0 Å². The molecule has 0 aliphatic heterocycles. The molecule has 0 fully saturated rings. The molecule has 0 saturated carbocycles. The summed E-state index contributed by atoms with van der Waals surface area (Å²) in [6.07, 6.45) is 6.73. The Hall–Kier alpha value is -0.190. The van der Waals surface area contributed by atoms with Crippen molar-refractivity contribution in [3.05, 3.63) is 30.3 Å². The van der Waals surface area contributed by atoms with Crippen molar-refractivity contribution in [3.63, 3.8) is 0 Å². The number of halogens is 1. The van der Waals surface area contributed by atoms with E-state index in [4.69, 9.17) is 4.74 Å². The molecule has 1 rings (SSSR count). The number of hydrogen-bond donors (Lipinski definition) is 3. The first kappa shape index (κ1) is 20.9. The summed E-state index contributed by atoms with van der Waals surface area (Å²) in [5.41, 5.74) is 0. The number of hydrogen-bond acceptors (Lipinski definition) is 4. The number of rotatable bonds is 13. The third-order valence-corrected chi connectivity index (χ3v) is 10.8. The summed E-state index contributed by atoms with van der Waals surface area (Å²) < 4.78 is 5.65. The zero-order valence-electron chi connectivity index (χ0n) is 13.7. The molecule has 23 heavy (non-hydrogen) atoms. The summed E-state index contributed by atoms with van der Waals surface area (Å²) in [4.78, 5) is 0. The zero-order valence-corrected chi connectivity index (χ0v) is 16.2. The molecule has 1 aromatic carbocycles. The van der Waals surface area contributed by atoms with Gasteiger partial charge in [0.05, 0.1) is 0 Å². The van der Waals surface area contributed by atoms with Crippen LogP contribution in [0.1, 0.15) is 38.5 Å². The van der Waals surface area contributed by atoms with Crippen molar-refractivity contribution in [2.75, 3.05) is 31.8 Å². The van der Waals surface area contributed by atoms with Gasteiger partial charge in [0.1, 0.15) is 0 Å².